The number of carboxylic acids is 1. The number of carboxylic acid groups (broad SMARTS) is 1. The molecule has 0 spiro atoms. The summed E-state index contributed by atoms with van der Waals surface area (Å²) < 4.78 is 0. The zero-order chi connectivity index (χ0) is 14.8. The van der Waals surface area contributed by atoms with Crippen LogP contribution < -0.4 is 5.43 Å². The van der Waals surface area contributed by atoms with Gasteiger partial charge in [0.2, 0.25) is 0 Å². The molecule has 0 unspecified atom stereocenters. The maximum Gasteiger partial charge on any atom is 0.303 e. The molecule has 0 saturated heterocycles. The van der Waals surface area contributed by atoms with Crippen LogP contribution in [0, 0.1) is 0 Å². The molecule has 0 aliphatic rings. The maximum absolute atomic E-state index is 12.6. The molecule has 0 bridgehead atoms. The van der Waals surface area contributed by atoms with Gasteiger partial charge in [-0.25, -0.2) is 0 Å². The molecule has 0 aliphatic carbocycles. The molecule has 0 heterocycles. The van der Waals surface area contributed by atoms with E-state index in [9.17, 15) is 9.59 Å². The fourth-order valence-corrected chi connectivity index (χ4v) is 2.54. The van der Waals surface area contributed by atoms with E-state index >= 15 is 0 Å². The summed E-state index contributed by atoms with van der Waals surface area (Å²) in [6.45, 7) is 0. The van der Waals surface area contributed by atoms with Gasteiger partial charge in [0.05, 0.1) is 0 Å². The minimum absolute atomic E-state index is 0.00962. The molecule has 3 nitrogen and oxygen atoms in total. The van der Waals surface area contributed by atoms with Crippen LogP contribution in [0.5, 0.6) is 0 Å². The van der Waals surface area contributed by atoms with Crippen molar-refractivity contribution in [3.05, 3.63) is 70.4 Å². The summed E-state index contributed by atoms with van der Waals surface area (Å²) in [5.74, 6) is -0.816. The van der Waals surface area contributed by atoms with Crippen LogP contribution in [0.2, 0.25) is 0 Å². The van der Waals surface area contributed by atoms with E-state index in [0.29, 0.717) is 17.2 Å². The van der Waals surface area contributed by atoms with Crippen LogP contribution >= 0.6 is 0 Å². The summed E-state index contributed by atoms with van der Waals surface area (Å²) in [5, 5.41) is 11.9. The monoisotopic (exact) mass is 278 g/mol. The molecule has 0 aliphatic heterocycles. The molecule has 0 atom stereocenters. The second-order valence-corrected chi connectivity index (χ2v) is 5.07. The maximum atomic E-state index is 12.6. The van der Waals surface area contributed by atoms with Crippen LogP contribution in [0.25, 0.3) is 21.5 Å². The van der Waals surface area contributed by atoms with Crippen LogP contribution in [0.15, 0.2) is 59.4 Å². The predicted molar refractivity (Wildman–Crippen MR) is 83.7 cm³/mol. The summed E-state index contributed by atoms with van der Waals surface area (Å²) >= 11 is 0. The highest BCUT2D eigenvalue weighted by Crippen LogP contribution is 2.17. The Bertz CT molecular complexity index is 897. The fourth-order valence-electron chi connectivity index (χ4n) is 2.54. The van der Waals surface area contributed by atoms with Crippen LogP contribution in [0.4, 0.5) is 0 Å². The lowest BCUT2D eigenvalue weighted by molar-refractivity contribution is -0.136. The molecular weight excluding hydrogens is 264 g/mol. The Morgan fingerprint density at radius 2 is 1.62 bits per heavy atom. The zero-order valence-electron chi connectivity index (χ0n) is 11.4. The van der Waals surface area contributed by atoms with Gasteiger partial charge in [-0.1, -0.05) is 54.6 Å². The van der Waals surface area contributed by atoms with E-state index in [-0.39, 0.29) is 11.8 Å². The third-order valence-electron chi connectivity index (χ3n) is 3.64. The second-order valence-electron chi connectivity index (χ2n) is 5.07. The molecule has 104 valence electrons. The molecule has 3 aromatic carbocycles. The molecule has 0 fully saturated rings. The van der Waals surface area contributed by atoms with Crippen LogP contribution in [0.3, 0.4) is 0 Å². The molecule has 21 heavy (non-hydrogen) atoms. The summed E-state index contributed by atoms with van der Waals surface area (Å²) in [6, 6.07) is 16.9. The molecule has 3 aromatic rings. The van der Waals surface area contributed by atoms with Crippen molar-refractivity contribution < 1.29 is 9.90 Å². The first-order valence-corrected chi connectivity index (χ1v) is 6.82. The molecule has 0 aromatic heterocycles. The predicted octanol–water partition coefficient (Wildman–Crippen LogP) is 3.37. The Morgan fingerprint density at radius 3 is 2.43 bits per heavy atom. The number of aliphatic carboxylic acids is 1. The van der Waals surface area contributed by atoms with Gasteiger partial charge in [-0.05, 0) is 22.8 Å². The van der Waals surface area contributed by atoms with E-state index in [4.69, 9.17) is 5.11 Å². The largest absolute Gasteiger partial charge is 0.481 e. The summed E-state index contributed by atoms with van der Waals surface area (Å²) in [4.78, 5) is 23.2. The van der Waals surface area contributed by atoms with Crippen molar-refractivity contribution in [2.45, 2.75) is 12.8 Å². The van der Waals surface area contributed by atoms with E-state index in [2.05, 4.69) is 0 Å². The van der Waals surface area contributed by atoms with E-state index in [1.54, 1.807) is 6.07 Å². The number of rotatable bonds is 3. The summed E-state index contributed by atoms with van der Waals surface area (Å²) in [6.07, 6.45) is 0.564. The van der Waals surface area contributed by atoms with Crippen molar-refractivity contribution in [1.29, 1.82) is 0 Å². The van der Waals surface area contributed by atoms with Gasteiger partial charge in [-0.15, -0.1) is 0 Å². The van der Waals surface area contributed by atoms with Crippen LogP contribution in [-0.4, -0.2) is 11.1 Å². The highest BCUT2D eigenvalue weighted by atomic mass is 16.4. The van der Waals surface area contributed by atoms with Gasteiger partial charge >= 0.3 is 5.97 Å². The highest BCUT2D eigenvalue weighted by molar-refractivity contribution is 5.93. The molecular formula is C18H14O3. The van der Waals surface area contributed by atoms with E-state index in [1.807, 2.05) is 48.5 Å². The van der Waals surface area contributed by atoms with Crippen molar-refractivity contribution in [2.75, 3.05) is 0 Å². The average Bonchev–Trinajstić information content (AvgIpc) is 2.63. The van der Waals surface area contributed by atoms with Crippen LogP contribution in [-0.2, 0) is 11.2 Å². The second kappa shape index (κ2) is 5.37. The van der Waals surface area contributed by atoms with Gasteiger partial charge in [0.1, 0.15) is 0 Å². The normalized spacial score (nSPS) is 10.9. The molecule has 1 N–H and O–H groups in total. The molecule has 3 heteroatoms. The van der Waals surface area contributed by atoms with Gasteiger partial charge in [-0.3, -0.25) is 9.59 Å². The number of fused-ring (bicyclic) bond motifs is 2. The first-order chi connectivity index (χ1) is 10.1. The Labute approximate surface area is 121 Å². The Balaban J connectivity index is 2.21. The van der Waals surface area contributed by atoms with Crippen molar-refractivity contribution >= 4 is 27.5 Å². The molecule has 0 amide bonds. The quantitative estimate of drug-likeness (QED) is 0.799. The SMILES string of the molecule is O=C(O)CCc1ccc2c(=O)c3ccccc3ccc2c1. The third-order valence-corrected chi connectivity index (χ3v) is 3.64. The van der Waals surface area contributed by atoms with Crippen molar-refractivity contribution in [1.82, 2.24) is 0 Å². The number of benzene rings is 2. The number of aryl methyl sites for hydroxylation is 1. The van der Waals surface area contributed by atoms with Crippen molar-refractivity contribution in [2.24, 2.45) is 0 Å². The summed E-state index contributed by atoms with van der Waals surface area (Å²) in [7, 11) is 0. The van der Waals surface area contributed by atoms with Crippen molar-refractivity contribution in [3.63, 3.8) is 0 Å². The lowest BCUT2D eigenvalue weighted by Gasteiger charge is -2.00. The van der Waals surface area contributed by atoms with Gasteiger partial charge < -0.3 is 5.11 Å². The topological polar surface area (TPSA) is 54.4 Å². The van der Waals surface area contributed by atoms with Gasteiger partial charge in [0.15, 0.2) is 5.43 Å². The Kier molecular flexibility index (Phi) is 3.40. The fraction of sp³-hybridized carbons (Fsp3) is 0.111. The van der Waals surface area contributed by atoms with E-state index in [1.165, 1.54) is 0 Å². The first-order valence-electron chi connectivity index (χ1n) is 6.82. The first kappa shape index (κ1) is 13.3. The standard InChI is InChI=1S/C18H14O3/c19-17(20)10-6-12-5-9-16-14(11-12)8-7-13-3-1-2-4-15(13)18(16)21/h1-5,7-9,11H,6,10H2,(H,19,20). The number of hydrogen-bond donors (Lipinski definition) is 1. The number of carbonyl (C=O) groups is 1. The molecule has 3 rings (SSSR count). The van der Waals surface area contributed by atoms with Crippen molar-refractivity contribution in [3.8, 4) is 0 Å². The minimum Gasteiger partial charge on any atom is -0.481 e. The highest BCUT2D eigenvalue weighted by Gasteiger charge is 2.04. The Morgan fingerprint density at radius 1 is 0.905 bits per heavy atom. The molecule has 0 saturated carbocycles. The lowest BCUT2D eigenvalue weighted by Crippen LogP contribution is -2.00. The molecule has 0 radical (unpaired) electrons. The average molecular weight is 278 g/mol. The Hall–Kier alpha value is -2.68. The van der Waals surface area contributed by atoms with Gasteiger partial charge in [0.25, 0.3) is 0 Å². The lowest BCUT2D eigenvalue weighted by atomic mass is 10.1. The van der Waals surface area contributed by atoms with Gasteiger partial charge in [-0.2, -0.15) is 0 Å². The van der Waals surface area contributed by atoms with Crippen LogP contribution in [0.1, 0.15) is 12.0 Å². The van der Waals surface area contributed by atoms with Gasteiger partial charge in [0, 0.05) is 17.2 Å². The third kappa shape index (κ3) is 2.63. The summed E-state index contributed by atoms with van der Waals surface area (Å²) in [5.41, 5.74) is 0.940. The smallest absolute Gasteiger partial charge is 0.303 e. The minimum atomic E-state index is -0.816. The number of hydrogen-bond acceptors (Lipinski definition) is 2. The van der Waals surface area contributed by atoms with E-state index in [0.717, 1.165) is 16.3 Å². The zero-order valence-corrected chi connectivity index (χ0v) is 11.4. The van der Waals surface area contributed by atoms with E-state index < -0.39 is 5.97 Å².